The monoisotopic (exact) mass is 599 g/mol. The second-order valence-electron chi connectivity index (χ2n) is 12.2. The first kappa shape index (κ1) is 33.8. The number of nitrogens with one attached hydrogen (secondary N) is 2. The van der Waals surface area contributed by atoms with Crippen molar-refractivity contribution in [2.45, 2.75) is 128 Å². The topological polar surface area (TPSA) is 71.3 Å². The number of hydrogen-bond donors (Lipinski definition) is 2. The smallest absolute Gasteiger partial charge is 0.248 e. The van der Waals surface area contributed by atoms with E-state index in [1.807, 2.05) is 12.3 Å². The Kier molecular flexibility index (Phi) is 12.6. The number of fused-ring (bicyclic) bond motifs is 1. The highest BCUT2D eigenvalue weighted by molar-refractivity contribution is 5.80. The van der Waals surface area contributed by atoms with E-state index in [0.29, 0.717) is 44.7 Å². The molecule has 6 nitrogen and oxygen atoms in total. The molecule has 0 radical (unpaired) electrons. The van der Waals surface area contributed by atoms with Crippen LogP contribution in [0.3, 0.4) is 0 Å². The van der Waals surface area contributed by atoms with Crippen molar-refractivity contribution in [3.8, 4) is 0 Å². The molecule has 2 N–H and O–H groups in total. The number of hydrogen-bond acceptors (Lipinski definition) is 4. The number of alkyl halides is 5. The molecule has 42 heavy (non-hydrogen) atoms. The SMILES string of the molecule is C1CC1.C=C(CC1CC(C)(F)C1)NCc1cnn2cc(CNC(=O)C3CC3)nc2c1.CC(F)F.FC1(F)CCCCC1. The van der Waals surface area contributed by atoms with E-state index >= 15 is 0 Å². The fourth-order valence-electron chi connectivity index (χ4n) is 4.82. The molecular weight excluding hydrogens is 553 g/mol. The average molecular weight is 600 g/mol. The summed E-state index contributed by atoms with van der Waals surface area (Å²) in [6, 6.07) is 1.97. The summed E-state index contributed by atoms with van der Waals surface area (Å²) in [6.45, 7) is 7.59. The molecule has 0 unspecified atom stereocenters. The lowest BCUT2D eigenvalue weighted by Crippen LogP contribution is -2.37. The summed E-state index contributed by atoms with van der Waals surface area (Å²) < 4.78 is 60.3. The first-order valence-electron chi connectivity index (χ1n) is 15.2. The number of rotatable bonds is 8. The van der Waals surface area contributed by atoms with Gasteiger partial charge in [0.25, 0.3) is 0 Å². The lowest BCUT2D eigenvalue weighted by Gasteiger charge is -2.39. The van der Waals surface area contributed by atoms with E-state index in [4.69, 9.17) is 0 Å². The van der Waals surface area contributed by atoms with Crippen LogP contribution >= 0.6 is 0 Å². The van der Waals surface area contributed by atoms with Gasteiger partial charge in [0.15, 0.2) is 5.65 Å². The van der Waals surface area contributed by atoms with Gasteiger partial charge >= 0.3 is 0 Å². The zero-order chi connectivity index (χ0) is 30.8. The third-order valence-electron chi connectivity index (χ3n) is 7.26. The number of halogens is 5. The highest BCUT2D eigenvalue weighted by Crippen LogP contribution is 2.43. The van der Waals surface area contributed by atoms with Crippen LogP contribution in [0.5, 0.6) is 0 Å². The minimum Gasteiger partial charge on any atom is -0.385 e. The van der Waals surface area contributed by atoms with Gasteiger partial charge in [-0.2, -0.15) is 5.10 Å². The summed E-state index contributed by atoms with van der Waals surface area (Å²) >= 11 is 0. The molecule has 2 aromatic rings. The molecular formula is C31H46F5N5O. The van der Waals surface area contributed by atoms with Gasteiger partial charge in [-0.05, 0) is 76.3 Å². The van der Waals surface area contributed by atoms with Crippen molar-refractivity contribution in [3.63, 3.8) is 0 Å². The van der Waals surface area contributed by atoms with Crippen LogP contribution < -0.4 is 10.6 Å². The molecule has 0 spiro atoms. The van der Waals surface area contributed by atoms with Crippen LogP contribution in [0.1, 0.15) is 109 Å². The van der Waals surface area contributed by atoms with Crippen LogP contribution in [0.4, 0.5) is 22.0 Å². The third-order valence-corrected chi connectivity index (χ3v) is 7.26. The van der Waals surface area contributed by atoms with Crippen molar-refractivity contribution in [3.05, 3.63) is 42.0 Å². The van der Waals surface area contributed by atoms with Gasteiger partial charge in [0.05, 0.1) is 24.6 Å². The first-order chi connectivity index (χ1) is 19.8. The molecule has 1 amide bonds. The Bertz CT molecular complexity index is 1120. The molecule has 6 rings (SSSR count). The van der Waals surface area contributed by atoms with Crippen LogP contribution in [0.2, 0.25) is 0 Å². The van der Waals surface area contributed by atoms with Crippen molar-refractivity contribution in [1.82, 2.24) is 25.2 Å². The van der Waals surface area contributed by atoms with Crippen molar-refractivity contribution in [1.29, 1.82) is 0 Å². The Labute approximate surface area is 245 Å². The van der Waals surface area contributed by atoms with Crippen LogP contribution in [-0.2, 0) is 17.9 Å². The molecule has 11 heteroatoms. The van der Waals surface area contributed by atoms with E-state index in [2.05, 4.69) is 27.3 Å². The van der Waals surface area contributed by atoms with Crippen molar-refractivity contribution in [2.75, 3.05) is 0 Å². The molecule has 4 aliphatic rings. The summed E-state index contributed by atoms with van der Waals surface area (Å²) in [6.07, 6.45) is 12.7. The number of imidazole rings is 1. The molecule has 4 aliphatic carbocycles. The van der Waals surface area contributed by atoms with Gasteiger partial charge in [0.1, 0.15) is 5.67 Å². The van der Waals surface area contributed by atoms with Gasteiger partial charge < -0.3 is 10.6 Å². The summed E-state index contributed by atoms with van der Waals surface area (Å²) in [7, 11) is 0. The number of carbonyl (C=O) groups excluding carboxylic acids is 1. The molecule has 0 saturated heterocycles. The van der Waals surface area contributed by atoms with Gasteiger partial charge in [-0.1, -0.05) is 32.3 Å². The number of amides is 1. The molecule has 4 saturated carbocycles. The first-order valence-corrected chi connectivity index (χ1v) is 15.2. The van der Waals surface area contributed by atoms with E-state index in [1.54, 1.807) is 17.6 Å². The molecule has 236 valence electrons. The number of carbonyl (C=O) groups is 1. The minimum absolute atomic E-state index is 0.114. The lowest BCUT2D eigenvalue weighted by atomic mass is 9.71. The van der Waals surface area contributed by atoms with E-state index in [9.17, 15) is 26.7 Å². The Hall–Kier alpha value is -2.72. The Morgan fingerprint density at radius 2 is 1.64 bits per heavy atom. The molecule has 0 bridgehead atoms. The fraction of sp³-hybridized carbons (Fsp3) is 0.710. The second-order valence-corrected chi connectivity index (χ2v) is 12.2. The van der Waals surface area contributed by atoms with E-state index in [0.717, 1.165) is 55.2 Å². The van der Waals surface area contributed by atoms with Crippen LogP contribution in [0.25, 0.3) is 5.65 Å². The van der Waals surface area contributed by atoms with Crippen molar-refractivity contribution < 1.29 is 26.7 Å². The highest BCUT2D eigenvalue weighted by Gasteiger charge is 2.40. The van der Waals surface area contributed by atoms with Crippen LogP contribution in [-0.4, -0.2) is 38.5 Å². The van der Waals surface area contributed by atoms with Crippen LogP contribution in [0.15, 0.2) is 30.7 Å². The normalized spacial score (nSPS) is 23.6. The van der Waals surface area contributed by atoms with Gasteiger partial charge in [-0.25, -0.2) is 31.5 Å². The predicted molar refractivity (Wildman–Crippen MR) is 154 cm³/mol. The second kappa shape index (κ2) is 15.7. The minimum atomic E-state index is -2.32. The molecule has 0 aromatic carbocycles. The molecule has 2 aromatic heterocycles. The lowest BCUT2D eigenvalue weighted by molar-refractivity contribution is -0.122. The predicted octanol–water partition coefficient (Wildman–Crippen LogP) is 7.91. The van der Waals surface area contributed by atoms with Gasteiger partial charge in [-0.15, -0.1) is 0 Å². The highest BCUT2D eigenvalue weighted by atomic mass is 19.3. The standard InChI is InChI=1S/C20H26FN5O.C6H10F2.C3H6.C2H4F2/c1-13(5-14-7-20(2,21)8-14)22-9-15-6-18-25-17(12-26(18)24-10-15)11-23-19(27)16-3-4-16;7-6(8)4-2-1-3-5-6;1-2-3-1;1-2(3)4/h6,10,12,14,16,22H,1,3-5,7-9,11H2,2H3,(H,23,27);1-5H2;1-3H2;2H,1H3. The van der Waals surface area contributed by atoms with Gasteiger partial charge in [0.2, 0.25) is 18.3 Å². The van der Waals surface area contributed by atoms with E-state index in [-0.39, 0.29) is 24.7 Å². The quantitative estimate of drug-likeness (QED) is 0.303. The number of nitrogens with zero attached hydrogens (tertiary/aromatic N) is 3. The zero-order valence-electron chi connectivity index (χ0n) is 24.9. The number of aromatic nitrogens is 3. The Morgan fingerprint density at radius 3 is 2.14 bits per heavy atom. The third kappa shape index (κ3) is 13.5. The van der Waals surface area contributed by atoms with Crippen LogP contribution in [0, 0.1) is 11.8 Å². The molecule has 2 heterocycles. The summed E-state index contributed by atoms with van der Waals surface area (Å²) in [4.78, 5) is 16.3. The summed E-state index contributed by atoms with van der Waals surface area (Å²) in [5, 5.41) is 10.6. The van der Waals surface area contributed by atoms with E-state index in [1.165, 1.54) is 19.3 Å². The van der Waals surface area contributed by atoms with Gasteiger partial charge in [0, 0.05) is 31.0 Å². The van der Waals surface area contributed by atoms with Crippen molar-refractivity contribution >= 4 is 11.6 Å². The summed E-state index contributed by atoms with van der Waals surface area (Å²) in [5.74, 6) is -1.62. The Balaban J connectivity index is 0.000000263. The maximum atomic E-state index is 13.6. The summed E-state index contributed by atoms with van der Waals surface area (Å²) in [5.41, 5.74) is 2.50. The largest absolute Gasteiger partial charge is 0.385 e. The van der Waals surface area contributed by atoms with Gasteiger partial charge in [-0.3, -0.25) is 4.79 Å². The maximum absolute atomic E-state index is 13.6. The molecule has 0 aliphatic heterocycles. The van der Waals surface area contributed by atoms with Crippen molar-refractivity contribution in [2.24, 2.45) is 11.8 Å². The molecule has 4 fully saturated rings. The zero-order valence-corrected chi connectivity index (χ0v) is 24.9. The average Bonchev–Trinajstić information content (AvgIpc) is 3.80. The maximum Gasteiger partial charge on any atom is 0.248 e. The fourth-order valence-corrected chi connectivity index (χ4v) is 4.82. The Morgan fingerprint density at radius 1 is 1.05 bits per heavy atom. The van der Waals surface area contributed by atoms with E-state index < -0.39 is 18.0 Å². The molecule has 0 atom stereocenters. The number of allylic oxidation sites excluding steroid dienone is 1.